The number of fused-ring (bicyclic) bond motifs is 2. The lowest BCUT2D eigenvalue weighted by Gasteiger charge is -2.38. The van der Waals surface area contributed by atoms with Gasteiger partial charge in [-0.1, -0.05) is 22.0 Å². The van der Waals surface area contributed by atoms with Gasteiger partial charge in [-0.15, -0.1) is 0 Å². The second-order valence-corrected chi connectivity index (χ2v) is 7.30. The lowest BCUT2D eigenvalue weighted by molar-refractivity contribution is 0.120. The largest absolute Gasteiger partial charge is 0.327 e. The van der Waals surface area contributed by atoms with Gasteiger partial charge in [0, 0.05) is 22.6 Å². The van der Waals surface area contributed by atoms with Crippen LogP contribution in [0.4, 0.5) is 4.39 Å². The molecule has 2 aliphatic heterocycles. The summed E-state index contributed by atoms with van der Waals surface area (Å²) in [6.07, 6.45) is 5.60. The van der Waals surface area contributed by atoms with Gasteiger partial charge in [-0.2, -0.15) is 0 Å². The summed E-state index contributed by atoms with van der Waals surface area (Å²) in [5.74, 6) is 0.387. The Morgan fingerprint density at radius 1 is 1.35 bits per heavy atom. The van der Waals surface area contributed by atoms with Crippen LogP contribution in [0, 0.1) is 11.7 Å². The monoisotopic (exact) mass is 340 g/mol. The summed E-state index contributed by atoms with van der Waals surface area (Å²) in [5, 5.41) is 0. The molecule has 2 heterocycles. The van der Waals surface area contributed by atoms with Gasteiger partial charge >= 0.3 is 0 Å². The Morgan fingerprint density at radius 2 is 2.00 bits per heavy atom. The molecule has 2 bridgehead atoms. The molecule has 0 aliphatic carbocycles. The topological polar surface area (TPSA) is 29.3 Å². The maximum Gasteiger partial charge on any atom is 0.127 e. The molecule has 2 aliphatic rings. The summed E-state index contributed by atoms with van der Waals surface area (Å²) in [5.41, 5.74) is 7.13. The fourth-order valence-corrected chi connectivity index (χ4v) is 4.24. The maximum atomic E-state index is 13.9. The van der Waals surface area contributed by atoms with Crippen molar-refractivity contribution >= 4 is 15.9 Å². The highest BCUT2D eigenvalue weighted by molar-refractivity contribution is 9.10. The van der Waals surface area contributed by atoms with Crippen LogP contribution >= 0.6 is 15.9 Å². The molecule has 0 saturated carbocycles. The van der Waals surface area contributed by atoms with Crippen LogP contribution in [-0.4, -0.2) is 30.1 Å². The van der Waals surface area contributed by atoms with Gasteiger partial charge < -0.3 is 10.6 Å². The van der Waals surface area contributed by atoms with E-state index in [0.717, 1.165) is 10.0 Å². The number of benzene rings is 1. The molecule has 20 heavy (non-hydrogen) atoms. The van der Waals surface area contributed by atoms with E-state index in [9.17, 15) is 4.39 Å². The van der Waals surface area contributed by atoms with E-state index in [4.69, 9.17) is 5.73 Å². The minimum Gasteiger partial charge on any atom is -0.327 e. The minimum absolute atomic E-state index is 0.0717. The van der Waals surface area contributed by atoms with E-state index in [1.807, 2.05) is 12.1 Å². The summed E-state index contributed by atoms with van der Waals surface area (Å²) in [6, 6.07) is 6.73. The zero-order chi connectivity index (χ0) is 14.3. The highest BCUT2D eigenvalue weighted by Gasteiger charge is 2.40. The van der Waals surface area contributed by atoms with E-state index < -0.39 is 0 Å². The maximum absolute atomic E-state index is 13.9. The number of hydrogen-bond acceptors (Lipinski definition) is 2. The van der Waals surface area contributed by atoms with Gasteiger partial charge in [-0.25, -0.2) is 4.39 Å². The Balaban J connectivity index is 1.66. The van der Waals surface area contributed by atoms with Crippen LogP contribution in [0.1, 0.15) is 31.2 Å². The second kappa shape index (κ2) is 5.74. The first-order valence-corrected chi connectivity index (χ1v) is 8.25. The lowest BCUT2D eigenvalue weighted by Crippen LogP contribution is -2.46. The first-order valence-electron chi connectivity index (χ1n) is 7.46. The molecule has 0 aromatic heterocycles. The number of nitrogens with two attached hydrogens (primary N) is 1. The molecular weight excluding hydrogens is 319 g/mol. The number of nitrogens with zero attached hydrogens (tertiary/aromatic N) is 1. The number of hydrogen-bond donors (Lipinski definition) is 1. The van der Waals surface area contributed by atoms with Crippen molar-refractivity contribution in [1.82, 2.24) is 4.90 Å². The third kappa shape index (κ3) is 2.78. The van der Waals surface area contributed by atoms with Crippen molar-refractivity contribution in [2.24, 2.45) is 11.7 Å². The van der Waals surface area contributed by atoms with Crippen LogP contribution in [0.5, 0.6) is 0 Å². The average Bonchev–Trinajstić information content (AvgIpc) is 2.64. The van der Waals surface area contributed by atoms with Gasteiger partial charge in [0.2, 0.25) is 0 Å². The first-order chi connectivity index (χ1) is 9.54. The first kappa shape index (κ1) is 14.5. The molecule has 3 atom stereocenters. The molecule has 2 nitrogen and oxygen atoms in total. The molecule has 0 spiro atoms. The predicted molar refractivity (Wildman–Crippen MR) is 83.1 cm³/mol. The normalized spacial score (nSPS) is 31.5. The van der Waals surface area contributed by atoms with E-state index in [1.54, 1.807) is 0 Å². The fourth-order valence-electron chi connectivity index (χ4n) is 3.91. The highest BCUT2D eigenvalue weighted by Crippen LogP contribution is 2.38. The lowest BCUT2D eigenvalue weighted by atomic mass is 9.83. The van der Waals surface area contributed by atoms with Crippen LogP contribution in [0.3, 0.4) is 0 Å². The van der Waals surface area contributed by atoms with Gasteiger partial charge in [0.1, 0.15) is 5.82 Å². The number of piperidine rings is 1. The Bertz CT molecular complexity index is 479. The molecule has 1 aromatic rings. The third-order valence-corrected chi connectivity index (χ3v) is 5.70. The van der Waals surface area contributed by atoms with Crippen LogP contribution in [0.25, 0.3) is 0 Å². The van der Waals surface area contributed by atoms with E-state index in [2.05, 4.69) is 27.9 Å². The van der Waals surface area contributed by atoms with Crippen molar-refractivity contribution in [3.63, 3.8) is 0 Å². The van der Waals surface area contributed by atoms with Crippen molar-refractivity contribution in [2.75, 3.05) is 7.05 Å². The summed E-state index contributed by atoms with van der Waals surface area (Å²) in [7, 11) is 2.23. The van der Waals surface area contributed by atoms with Crippen molar-refractivity contribution in [3.05, 3.63) is 34.1 Å². The van der Waals surface area contributed by atoms with E-state index in [-0.39, 0.29) is 11.9 Å². The molecule has 110 valence electrons. The smallest absolute Gasteiger partial charge is 0.127 e. The summed E-state index contributed by atoms with van der Waals surface area (Å²) in [6.45, 7) is 0. The minimum atomic E-state index is -0.147. The molecule has 0 radical (unpaired) electrons. The van der Waals surface area contributed by atoms with Crippen LogP contribution in [0.15, 0.2) is 22.7 Å². The molecule has 2 fully saturated rings. The van der Waals surface area contributed by atoms with Crippen molar-refractivity contribution in [2.45, 2.75) is 50.2 Å². The Labute approximate surface area is 128 Å². The summed E-state index contributed by atoms with van der Waals surface area (Å²) < 4.78 is 14.7. The van der Waals surface area contributed by atoms with Crippen molar-refractivity contribution < 1.29 is 4.39 Å². The molecule has 3 rings (SSSR count). The summed E-state index contributed by atoms with van der Waals surface area (Å²) >= 11 is 3.29. The predicted octanol–water partition coefficient (Wildman–Crippen LogP) is 3.33. The Morgan fingerprint density at radius 3 is 2.60 bits per heavy atom. The standard InChI is InChI=1S/C16H22BrFN2/c1-20-13-4-5-14(20)7-11(6-13)16(19)8-10-2-3-12(17)9-15(10)18/h2-3,9,11,13-14,16H,4-8,19H2,1H3. The zero-order valence-electron chi connectivity index (χ0n) is 11.9. The van der Waals surface area contributed by atoms with Crippen LogP contribution in [-0.2, 0) is 6.42 Å². The van der Waals surface area contributed by atoms with Gasteiger partial charge in [-0.05, 0) is 62.8 Å². The number of rotatable bonds is 3. The van der Waals surface area contributed by atoms with E-state index in [1.165, 1.54) is 31.7 Å². The van der Waals surface area contributed by atoms with E-state index >= 15 is 0 Å². The zero-order valence-corrected chi connectivity index (χ0v) is 13.4. The number of halogens is 2. The van der Waals surface area contributed by atoms with Gasteiger partial charge in [0.05, 0.1) is 0 Å². The van der Waals surface area contributed by atoms with E-state index in [0.29, 0.717) is 24.4 Å². The van der Waals surface area contributed by atoms with Gasteiger partial charge in [0.15, 0.2) is 0 Å². The molecule has 3 unspecified atom stereocenters. The highest BCUT2D eigenvalue weighted by atomic mass is 79.9. The Hall–Kier alpha value is -0.450. The molecule has 1 aromatic carbocycles. The van der Waals surface area contributed by atoms with Crippen molar-refractivity contribution in [1.29, 1.82) is 0 Å². The van der Waals surface area contributed by atoms with Gasteiger partial charge in [-0.3, -0.25) is 0 Å². The average molecular weight is 341 g/mol. The second-order valence-electron chi connectivity index (χ2n) is 6.39. The SMILES string of the molecule is CN1C2CCC1CC(C(N)Cc1ccc(Br)cc1F)C2. The molecule has 0 amide bonds. The van der Waals surface area contributed by atoms with Crippen molar-refractivity contribution in [3.8, 4) is 0 Å². The molecule has 4 heteroatoms. The quantitative estimate of drug-likeness (QED) is 0.914. The molecular formula is C16H22BrFN2. The molecule has 2 N–H and O–H groups in total. The fraction of sp³-hybridized carbons (Fsp3) is 0.625. The van der Waals surface area contributed by atoms with Crippen LogP contribution in [0.2, 0.25) is 0 Å². The molecule has 2 saturated heterocycles. The summed E-state index contributed by atoms with van der Waals surface area (Å²) in [4.78, 5) is 2.52. The third-order valence-electron chi connectivity index (χ3n) is 5.21. The Kier molecular flexibility index (Phi) is 4.16. The van der Waals surface area contributed by atoms with Crippen LogP contribution < -0.4 is 5.73 Å². The van der Waals surface area contributed by atoms with Gasteiger partial charge in [0.25, 0.3) is 0 Å².